The summed E-state index contributed by atoms with van der Waals surface area (Å²) < 4.78 is 5.81. The molecule has 36 heavy (non-hydrogen) atoms. The summed E-state index contributed by atoms with van der Waals surface area (Å²) in [6.45, 7) is 17.5. The quantitative estimate of drug-likeness (QED) is 0.297. The molecular formula is C32H50O4. The monoisotopic (exact) mass is 498 g/mol. The van der Waals surface area contributed by atoms with Gasteiger partial charge < -0.3 is 9.84 Å². The van der Waals surface area contributed by atoms with E-state index < -0.39 is 11.4 Å². The maximum atomic E-state index is 13.4. The number of rotatable bonds is 6. The molecule has 0 saturated heterocycles. The zero-order valence-electron chi connectivity index (χ0n) is 24.1. The van der Waals surface area contributed by atoms with Crippen molar-refractivity contribution in [1.82, 2.24) is 0 Å². The fourth-order valence-corrected chi connectivity index (χ4v) is 9.98. The lowest BCUT2D eigenvalue weighted by Gasteiger charge is -2.61. The smallest absolute Gasteiger partial charge is 0.314 e. The van der Waals surface area contributed by atoms with Crippen LogP contribution in [-0.2, 0) is 14.3 Å². The Labute approximate surface area is 219 Å². The van der Waals surface area contributed by atoms with Gasteiger partial charge in [0, 0.05) is 12.3 Å². The van der Waals surface area contributed by atoms with Gasteiger partial charge in [-0.25, -0.2) is 0 Å². The molecule has 202 valence electrons. The number of aliphatic carboxylic acids is 1. The number of hydrogen-bond donors (Lipinski definition) is 1. The SMILES string of the molecule is CC(=O)O[C@H]1CC[C@]2(C)C3=C(CCC2C1(C)C)[C@]1(C(=O)O)CC[C@H]([C@H](C)CCC=C(C)C)[C@@]1(C)CC3. The van der Waals surface area contributed by atoms with Crippen LogP contribution in [0.1, 0.15) is 120 Å². The van der Waals surface area contributed by atoms with Crippen molar-refractivity contribution in [3.05, 3.63) is 22.8 Å². The Morgan fingerprint density at radius 1 is 1.00 bits per heavy atom. The second-order valence-corrected chi connectivity index (χ2v) is 14.0. The van der Waals surface area contributed by atoms with Gasteiger partial charge in [-0.3, -0.25) is 9.59 Å². The molecule has 0 spiro atoms. The lowest BCUT2D eigenvalue weighted by molar-refractivity contribution is -0.169. The number of hydrogen-bond acceptors (Lipinski definition) is 3. The first-order chi connectivity index (χ1) is 16.7. The number of carboxylic acid groups (broad SMARTS) is 1. The molecule has 4 aliphatic rings. The van der Waals surface area contributed by atoms with Crippen LogP contribution in [0.4, 0.5) is 0 Å². The number of esters is 1. The van der Waals surface area contributed by atoms with Crippen LogP contribution in [-0.4, -0.2) is 23.1 Å². The second-order valence-electron chi connectivity index (χ2n) is 14.0. The Hall–Kier alpha value is -1.58. The van der Waals surface area contributed by atoms with Crippen molar-refractivity contribution >= 4 is 11.9 Å². The summed E-state index contributed by atoms with van der Waals surface area (Å²) in [7, 11) is 0. The van der Waals surface area contributed by atoms with Gasteiger partial charge in [-0.05, 0) is 107 Å². The molecule has 0 aromatic heterocycles. The Morgan fingerprint density at radius 3 is 2.31 bits per heavy atom. The summed E-state index contributed by atoms with van der Waals surface area (Å²) in [4.78, 5) is 25.2. The van der Waals surface area contributed by atoms with Crippen LogP contribution < -0.4 is 0 Å². The molecule has 4 aliphatic carbocycles. The Bertz CT molecular complexity index is 969. The van der Waals surface area contributed by atoms with Gasteiger partial charge in [0.05, 0.1) is 5.41 Å². The molecule has 4 nitrogen and oxygen atoms in total. The molecule has 0 radical (unpaired) electrons. The molecule has 0 aromatic carbocycles. The first-order valence-corrected chi connectivity index (χ1v) is 14.5. The van der Waals surface area contributed by atoms with Gasteiger partial charge >= 0.3 is 11.9 Å². The zero-order chi connectivity index (χ0) is 26.7. The van der Waals surface area contributed by atoms with E-state index in [-0.39, 0.29) is 28.3 Å². The van der Waals surface area contributed by atoms with Crippen molar-refractivity contribution in [2.45, 2.75) is 126 Å². The number of carboxylic acids is 1. The molecule has 4 heteroatoms. The fraction of sp³-hybridized carbons (Fsp3) is 0.812. The van der Waals surface area contributed by atoms with Crippen LogP contribution >= 0.6 is 0 Å². The first kappa shape index (κ1) is 27.5. The van der Waals surface area contributed by atoms with Gasteiger partial charge in [0.15, 0.2) is 0 Å². The number of carbonyl (C=O) groups excluding carboxylic acids is 1. The highest BCUT2D eigenvalue weighted by Crippen LogP contribution is 2.72. The van der Waals surface area contributed by atoms with Crippen molar-refractivity contribution in [2.75, 3.05) is 0 Å². The van der Waals surface area contributed by atoms with E-state index in [4.69, 9.17) is 4.74 Å². The summed E-state index contributed by atoms with van der Waals surface area (Å²) >= 11 is 0. The van der Waals surface area contributed by atoms with E-state index in [0.29, 0.717) is 17.8 Å². The summed E-state index contributed by atoms with van der Waals surface area (Å²) in [6.07, 6.45) is 12.0. The van der Waals surface area contributed by atoms with Gasteiger partial charge in [-0.1, -0.05) is 57.4 Å². The molecule has 0 amide bonds. The van der Waals surface area contributed by atoms with Crippen molar-refractivity contribution in [1.29, 1.82) is 0 Å². The van der Waals surface area contributed by atoms with E-state index in [1.54, 1.807) is 0 Å². The van der Waals surface area contributed by atoms with E-state index >= 15 is 0 Å². The number of fused-ring (bicyclic) bond motifs is 4. The Morgan fingerprint density at radius 2 is 1.69 bits per heavy atom. The summed E-state index contributed by atoms with van der Waals surface area (Å²) in [6, 6.07) is 0. The highest BCUT2D eigenvalue weighted by Gasteiger charge is 2.68. The van der Waals surface area contributed by atoms with Crippen LogP contribution in [0, 0.1) is 39.4 Å². The van der Waals surface area contributed by atoms with Crippen LogP contribution in [0.3, 0.4) is 0 Å². The molecule has 1 unspecified atom stereocenters. The molecule has 4 rings (SSSR count). The highest BCUT2D eigenvalue weighted by molar-refractivity contribution is 5.82. The first-order valence-electron chi connectivity index (χ1n) is 14.5. The third-order valence-electron chi connectivity index (χ3n) is 11.7. The second kappa shape index (κ2) is 9.31. The van der Waals surface area contributed by atoms with Gasteiger partial charge in [0.1, 0.15) is 6.10 Å². The standard InChI is InChI=1S/C32H50O4/c1-20(2)10-9-11-21(3)23-15-19-32(28(34)35)25-12-13-26-29(5,6)27(36-22(4)33)16-17-30(26,7)24(25)14-18-31(23,32)8/h10,21,23,26-27H,9,11-19H2,1-8H3,(H,34,35)/t21-,23-,26?,27+,30-,31-,32+/m1/s1. The number of ether oxygens (including phenoxy) is 1. The van der Waals surface area contributed by atoms with E-state index in [2.05, 4.69) is 54.5 Å². The summed E-state index contributed by atoms with van der Waals surface area (Å²) in [5.74, 6) is 0.610. The van der Waals surface area contributed by atoms with Gasteiger partial charge in [-0.15, -0.1) is 0 Å². The largest absolute Gasteiger partial charge is 0.481 e. The molecular weight excluding hydrogens is 448 g/mol. The van der Waals surface area contributed by atoms with Crippen LogP contribution in [0.15, 0.2) is 22.8 Å². The highest BCUT2D eigenvalue weighted by atomic mass is 16.5. The maximum Gasteiger partial charge on any atom is 0.314 e. The number of carbonyl (C=O) groups is 2. The lowest BCUT2D eigenvalue weighted by atomic mass is 9.43. The molecule has 0 aromatic rings. The van der Waals surface area contributed by atoms with Crippen molar-refractivity contribution < 1.29 is 19.4 Å². The molecule has 1 N–H and O–H groups in total. The normalized spacial score (nSPS) is 39.9. The third kappa shape index (κ3) is 3.91. The predicted molar refractivity (Wildman–Crippen MR) is 144 cm³/mol. The average Bonchev–Trinajstić information content (AvgIpc) is 3.09. The van der Waals surface area contributed by atoms with Crippen molar-refractivity contribution in [2.24, 2.45) is 39.4 Å². The van der Waals surface area contributed by atoms with E-state index in [9.17, 15) is 14.7 Å². The minimum absolute atomic E-state index is 0.00926. The zero-order valence-corrected chi connectivity index (χ0v) is 24.1. The topological polar surface area (TPSA) is 63.6 Å². The maximum absolute atomic E-state index is 13.4. The van der Waals surface area contributed by atoms with E-state index in [0.717, 1.165) is 64.2 Å². The van der Waals surface area contributed by atoms with Crippen LogP contribution in [0.5, 0.6) is 0 Å². The van der Waals surface area contributed by atoms with Gasteiger partial charge in [0.2, 0.25) is 0 Å². The molecule has 0 heterocycles. The van der Waals surface area contributed by atoms with Crippen molar-refractivity contribution in [3.8, 4) is 0 Å². The minimum Gasteiger partial charge on any atom is -0.481 e. The van der Waals surface area contributed by atoms with Crippen molar-refractivity contribution in [3.63, 3.8) is 0 Å². The molecule has 7 atom stereocenters. The van der Waals surface area contributed by atoms with Crippen LogP contribution in [0.2, 0.25) is 0 Å². The third-order valence-corrected chi connectivity index (χ3v) is 11.7. The van der Waals surface area contributed by atoms with E-state index in [1.165, 1.54) is 23.6 Å². The molecule has 2 saturated carbocycles. The molecule has 2 fully saturated rings. The Balaban J connectivity index is 1.71. The average molecular weight is 499 g/mol. The number of allylic oxidation sites excluding steroid dienone is 3. The minimum atomic E-state index is -0.721. The summed E-state index contributed by atoms with van der Waals surface area (Å²) in [5, 5.41) is 11.0. The lowest BCUT2D eigenvalue weighted by Crippen LogP contribution is -2.57. The molecule has 0 bridgehead atoms. The Kier molecular flexibility index (Phi) is 7.10. The van der Waals surface area contributed by atoms with Gasteiger partial charge in [0.25, 0.3) is 0 Å². The van der Waals surface area contributed by atoms with Crippen LogP contribution in [0.25, 0.3) is 0 Å². The molecule has 0 aliphatic heterocycles. The van der Waals surface area contributed by atoms with E-state index in [1.807, 2.05) is 0 Å². The predicted octanol–water partition coefficient (Wildman–Crippen LogP) is 8.11. The fourth-order valence-electron chi connectivity index (χ4n) is 9.98. The van der Waals surface area contributed by atoms with Gasteiger partial charge in [-0.2, -0.15) is 0 Å². The summed E-state index contributed by atoms with van der Waals surface area (Å²) in [5.41, 5.74) is 3.09.